The van der Waals surface area contributed by atoms with Crippen molar-refractivity contribution >= 4 is 23.0 Å². The van der Waals surface area contributed by atoms with Crippen molar-refractivity contribution < 1.29 is 4.74 Å². The molecule has 6 nitrogen and oxygen atoms in total. The lowest BCUT2D eigenvalue weighted by Gasteiger charge is -2.22. The zero-order valence-electron chi connectivity index (χ0n) is 15.4. The van der Waals surface area contributed by atoms with Crippen LogP contribution in [0.15, 0.2) is 35.3 Å². The number of nitrogens with one attached hydrogen (secondary N) is 1. The van der Waals surface area contributed by atoms with Crippen molar-refractivity contribution in [2.45, 2.75) is 25.7 Å². The topological polar surface area (TPSA) is 59.4 Å². The lowest BCUT2D eigenvalue weighted by atomic mass is 10.0. The molecule has 0 radical (unpaired) electrons. The van der Waals surface area contributed by atoms with E-state index in [4.69, 9.17) is 16.3 Å². The van der Waals surface area contributed by atoms with Crippen molar-refractivity contribution in [2.75, 3.05) is 43.1 Å². The summed E-state index contributed by atoms with van der Waals surface area (Å²) in [5.74, 6) is 0.440. The van der Waals surface area contributed by atoms with Crippen LogP contribution >= 0.6 is 11.6 Å². The molecule has 1 aromatic heterocycles. The fraction of sp³-hybridized carbons (Fsp3) is 0.500. The molecule has 2 saturated heterocycles. The Kier molecular flexibility index (Phi) is 5.64. The minimum absolute atomic E-state index is 0.172. The molecule has 1 aromatic carbocycles. The Bertz CT molecular complexity index is 825. The van der Waals surface area contributed by atoms with E-state index in [2.05, 4.69) is 15.3 Å². The monoisotopic (exact) mass is 388 g/mol. The van der Waals surface area contributed by atoms with E-state index in [1.807, 2.05) is 24.3 Å². The van der Waals surface area contributed by atoms with Crippen molar-refractivity contribution in [3.05, 3.63) is 45.8 Å². The summed E-state index contributed by atoms with van der Waals surface area (Å²) in [6, 6.07) is 7.92. The third kappa shape index (κ3) is 4.12. The minimum Gasteiger partial charge on any atom is -0.382 e. The SMILES string of the molecule is O=c1c(Cl)c(NC[C@H]2CCCOC2)cnn1-c1ccc(N2CCCC2)cc1. The molecule has 144 valence electrons. The summed E-state index contributed by atoms with van der Waals surface area (Å²) in [6.07, 6.45) is 6.30. The Labute approximate surface area is 164 Å². The van der Waals surface area contributed by atoms with E-state index >= 15 is 0 Å². The van der Waals surface area contributed by atoms with Gasteiger partial charge >= 0.3 is 0 Å². The Balaban J connectivity index is 1.48. The lowest BCUT2D eigenvalue weighted by Crippen LogP contribution is -2.27. The van der Waals surface area contributed by atoms with E-state index in [-0.39, 0.29) is 10.6 Å². The van der Waals surface area contributed by atoms with Gasteiger partial charge in [0.15, 0.2) is 0 Å². The number of hydrogen-bond acceptors (Lipinski definition) is 5. The first-order valence-corrected chi connectivity index (χ1v) is 10.0. The first-order valence-electron chi connectivity index (χ1n) is 9.67. The van der Waals surface area contributed by atoms with Gasteiger partial charge in [0.05, 0.1) is 24.2 Å². The third-order valence-electron chi connectivity index (χ3n) is 5.32. The van der Waals surface area contributed by atoms with Crippen LogP contribution in [0, 0.1) is 5.92 Å². The number of ether oxygens (including phenoxy) is 1. The summed E-state index contributed by atoms with van der Waals surface area (Å²) < 4.78 is 6.84. The quantitative estimate of drug-likeness (QED) is 0.851. The first-order chi connectivity index (χ1) is 13.2. The van der Waals surface area contributed by atoms with E-state index in [9.17, 15) is 4.79 Å². The first kappa shape index (κ1) is 18.3. The van der Waals surface area contributed by atoms with Crippen LogP contribution in [0.25, 0.3) is 5.69 Å². The minimum atomic E-state index is -0.310. The van der Waals surface area contributed by atoms with Crippen LogP contribution < -0.4 is 15.8 Å². The van der Waals surface area contributed by atoms with E-state index in [1.54, 1.807) is 6.20 Å². The summed E-state index contributed by atoms with van der Waals surface area (Å²) >= 11 is 6.33. The highest BCUT2D eigenvalue weighted by Gasteiger charge is 2.16. The molecule has 4 rings (SSSR count). The fourth-order valence-corrected chi connectivity index (χ4v) is 3.94. The van der Waals surface area contributed by atoms with Crippen molar-refractivity contribution in [3.8, 4) is 5.69 Å². The normalized spacial score (nSPS) is 20.0. The Hall–Kier alpha value is -2.05. The molecule has 0 saturated carbocycles. The smallest absolute Gasteiger partial charge is 0.292 e. The standard InChI is InChI=1S/C20H25ClN4O2/c21-19-18(22-12-15-4-3-11-27-14-15)13-23-25(20(19)26)17-7-5-16(6-8-17)24-9-1-2-10-24/h5-8,13,15,22H,1-4,9-12,14H2/t15-/m1/s1. The number of aromatic nitrogens is 2. The molecule has 0 aliphatic carbocycles. The predicted octanol–water partition coefficient (Wildman–Crippen LogP) is 3.32. The van der Waals surface area contributed by atoms with Gasteiger partial charge in [-0.2, -0.15) is 9.78 Å². The molecule has 1 N–H and O–H groups in total. The molecule has 3 heterocycles. The molecule has 0 unspecified atom stereocenters. The van der Waals surface area contributed by atoms with Gasteiger partial charge in [-0.25, -0.2) is 0 Å². The van der Waals surface area contributed by atoms with Crippen molar-refractivity contribution in [1.82, 2.24) is 9.78 Å². The molecular weight excluding hydrogens is 364 g/mol. The summed E-state index contributed by atoms with van der Waals surface area (Å²) in [7, 11) is 0. The summed E-state index contributed by atoms with van der Waals surface area (Å²) in [6.45, 7) is 4.50. The number of hydrogen-bond donors (Lipinski definition) is 1. The van der Waals surface area contributed by atoms with Gasteiger partial charge in [0.25, 0.3) is 5.56 Å². The van der Waals surface area contributed by atoms with Crippen LogP contribution in [0.2, 0.25) is 5.02 Å². The van der Waals surface area contributed by atoms with Crippen LogP contribution in [0.3, 0.4) is 0 Å². The molecule has 0 bridgehead atoms. The van der Waals surface area contributed by atoms with Gasteiger partial charge in [-0.05, 0) is 55.9 Å². The van der Waals surface area contributed by atoms with E-state index < -0.39 is 0 Å². The van der Waals surface area contributed by atoms with Gasteiger partial charge in [0.2, 0.25) is 0 Å². The summed E-state index contributed by atoms with van der Waals surface area (Å²) in [5.41, 5.74) is 2.17. The molecule has 2 aliphatic rings. The number of anilines is 2. The average molecular weight is 389 g/mol. The van der Waals surface area contributed by atoms with Gasteiger partial charge in [0.1, 0.15) is 5.02 Å². The van der Waals surface area contributed by atoms with E-state index in [0.29, 0.717) is 11.6 Å². The van der Waals surface area contributed by atoms with Gasteiger partial charge in [0, 0.05) is 31.9 Å². The van der Waals surface area contributed by atoms with Crippen LogP contribution in [0.1, 0.15) is 25.7 Å². The zero-order chi connectivity index (χ0) is 18.6. The van der Waals surface area contributed by atoms with Gasteiger partial charge in [-0.3, -0.25) is 4.79 Å². The molecule has 2 aliphatic heterocycles. The number of halogens is 1. The van der Waals surface area contributed by atoms with Crippen molar-refractivity contribution in [3.63, 3.8) is 0 Å². The van der Waals surface area contributed by atoms with E-state index in [1.165, 1.54) is 23.2 Å². The molecule has 0 spiro atoms. The molecular formula is C20H25ClN4O2. The number of nitrogens with zero attached hydrogens (tertiary/aromatic N) is 3. The highest BCUT2D eigenvalue weighted by Crippen LogP contribution is 2.22. The molecule has 2 aromatic rings. The number of benzene rings is 1. The second-order valence-electron chi connectivity index (χ2n) is 7.26. The van der Waals surface area contributed by atoms with E-state index in [0.717, 1.165) is 51.4 Å². The highest BCUT2D eigenvalue weighted by molar-refractivity contribution is 6.32. The highest BCUT2D eigenvalue weighted by atomic mass is 35.5. The van der Waals surface area contributed by atoms with Gasteiger partial charge in [-0.1, -0.05) is 11.6 Å². The fourth-order valence-electron chi connectivity index (χ4n) is 3.74. The van der Waals surface area contributed by atoms with Gasteiger partial charge in [-0.15, -0.1) is 0 Å². The summed E-state index contributed by atoms with van der Waals surface area (Å²) in [5, 5.41) is 7.74. The lowest BCUT2D eigenvalue weighted by molar-refractivity contribution is 0.0595. The molecule has 7 heteroatoms. The zero-order valence-corrected chi connectivity index (χ0v) is 16.1. The van der Waals surface area contributed by atoms with Crippen LogP contribution in [-0.4, -0.2) is 42.6 Å². The Morgan fingerprint density at radius 3 is 2.59 bits per heavy atom. The maximum Gasteiger partial charge on any atom is 0.292 e. The second kappa shape index (κ2) is 8.31. The van der Waals surface area contributed by atoms with Crippen LogP contribution in [0.4, 0.5) is 11.4 Å². The molecule has 0 amide bonds. The maximum absolute atomic E-state index is 12.7. The molecule has 1 atom stereocenters. The predicted molar refractivity (Wildman–Crippen MR) is 108 cm³/mol. The molecule has 27 heavy (non-hydrogen) atoms. The van der Waals surface area contributed by atoms with Crippen molar-refractivity contribution in [2.24, 2.45) is 5.92 Å². The maximum atomic E-state index is 12.7. The largest absolute Gasteiger partial charge is 0.382 e. The Morgan fingerprint density at radius 2 is 1.89 bits per heavy atom. The van der Waals surface area contributed by atoms with Crippen molar-refractivity contribution in [1.29, 1.82) is 0 Å². The van der Waals surface area contributed by atoms with Crippen LogP contribution in [-0.2, 0) is 4.74 Å². The Morgan fingerprint density at radius 1 is 1.15 bits per heavy atom. The van der Waals surface area contributed by atoms with Crippen LogP contribution in [0.5, 0.6) is 0 Å². The summed E-state index contributed by atoms with van der Waals surface area (Å²) in [4.78, 5) is 15.0. The number of rotatable bonds is 5. The molecule has 2 fully saturated rings. The average Bonchev–Trinajstić information content (AvgIpc) is 3.25. The third-order valence-corrected chi connectivity index (χ3v) is 5.69. The van der Waals surface area contributed by atoms with Gasteiger partial charge < -0.3 is 15.0 Å². The second-order valence-corrected chi connectivity index (χ2v) is 7.64.